The van der Waals surface area contributed by atoms with E-state index in [0.29, 0.717) is 0 Å². The van der Waals surface area contributed by atoms with Gasteiger partial charge < -0.3 is 10.4 Å². The number of rotatable bonds is 11. The predicted molar refractivity (Wildman–Crippen MR) is 112 cm³/mol. The van der Waals surface area contributed by atoms with Crippen LogP contribution in [-0.2, 0) is 4.79 Å². The van der Waals surface area contributed by atoms with Crippen LogP contribution in [0, 0.1) is 0 Å². The molecule has 0 aliphatic rings. The number of carbonyl (C=O) groups is 1. The Bertz CT molecular complexity index is 678. The number of carbonyl (C=O) groups excluding carboxylic acids is 1. The molecule has 2 aromatic carbocycles. The Morgan fingerprint density at radius 3 is 2.04 bits per heavy atom. The monoisotopic (exact) mass is 369 g/mol. The summed E-state index contributed by atoms with van der Waals surface area (Å²) in [6, 6.07) is 16.5. The lowest BCUT2D eigenvalue weighted by Gasteiger charge is -2.35. The van der Waals surface area contributed by atoms with Crippen molar-refractivity contribution in [3.05, 3.63) is 54.6 Å². The molecule has 0 bridgehead atoms. The third-order valence-corrected chi connectivity index (χ3v) is 4.69. The Morgan fingerprint density at radius 2 is 1.48 bits per heavy atom. The maximum absolute atomic E-state index is 13.2. The van der Waals surface area contributed by atoms with E-state index < -0.39 is 5.54 Å². The van der Waals surface area contributed by atoms with Crippen molar-refractivity contribution in [3.8, 4) is 5.75 Å². The van der Waals surface area contributed by atoms with E-state index in [-0.39, 0.29) is 11.7 Å². The molecule has 0 saturated carbocycles. The van der Waals surface area contributed by atoms with Gasteiger partial charge in [0.1, 0.15) is 11.3 Å². The van der Waals surface area contributed by atoms with Gasteiger partial charge in [-0.3, -0.25) is 15.6 Å². The number of phenolic OH excluding ortho intramolecular Hbond substituents is 1. The van der Waals surface area contributed by atoms with Crippen LogP contribution in [0.1, 0.15) is 52.4 Å². The van der Waals surface area contributed by atoms with Crippen LogP contribution in [0.5, 0.6) is 5.75 Å². The average molecular weight is 370 g/mol. The summed E-state index contributed by atoms with van der Waals surface area (Å²) in [5, 5.41) is 13.0. The van der Waals surface area contributed by atoms with Gasteiger partial charge in [0.2, 0.25) is 0 Å². The number of hydrogen-bond acceptors (Lipinski definition) is 4. The number of aromatic hydroxyl groups is 1. The minimum atomic E-state index is -0.704. The van der Waals surface area contributed by atoms with E-state index in [2.05, 4.69) is 30.0 Å². The standard InChI is InChI=1S/C22H31N3O2/c1-3-5-16-22(17-6-4-2,23-18-12-14-20(26)15-13-18)21(27)25-24-19-10-8-7-9-11-19/h7-15,23-24,26H,3-6,16-17H2,1-2H3,(H,25,27). The first-order valence-corrected chi connectivity index (χ1v) is 9.78. The lowest BCUT2D eigenvalue weighted by molar-refractivity contribution is -0.125. The average Bonchev–Trinajstić information content (AvgIpc) is 2.70. The molecule has 0 unspecified atom stereocenters. The second-order valence-electron chi connectivity index (χ2n) is 6.91. The highest BCUT2D eigenvalue weighted by Crippen LogP contribution is 2.28. The second-order valence-corrected chi connectivity index (χ2v) is 6.91. The molecule has 0 saturated heterocycles. The molecule has 0 aliphatic heterocycles. The molecule has 0 aliphatic carbocycles. The van der Waals surface area contributed by atoms with Crippen molar-refractivity contribution in [2.24, 2.45) is 0 Å². The fraction of sp³-hybridized carbons (Fsp3) is 0.409. The van der Waals surface area contributed by atoms with Crippen LogP contribution in [0.2, 0.25) is 0 Å². The van der Waals surface area contributed by atoms with E-state index in [4.69, 9.17) is 0 Å². The molecule has 2 aromatic rings. The summed E-state index contributed by atoms with van der Waals surface area (Å²) in [5.74, 6) is 0.143. The lowest BCUT2D eigenvalue weighted by atomic mass is 9.85. The van der Waals surface area contributed by atoms with Gasteiger partial charge in [-0.2, -0.15) is 0 Å². The van der Waals surface area contributed by atoms with Crippen LogP contribution in [0.4, 0.5) is 11.4 Å². The SMILES string of the molecule is CCCCC(CCCC)(Nc1ccc(O)cc1)C(=O)NNc1ccccc1. The zero-order valence-electron chi connectivity index (χ0n) is 16.3. The van der Waals surface area contributed by atoms with Gasteiger partial charge >= 0.3 is 0 Å². The normalized spacial score (nSPS) is 11.0. The number of nitrogens with one attached hydrogen (secondary N) is 3. The Morgan fingerprint density at radius 1 is 0.889 bits per heavy atom. The Balaban J connectivity index is 2.20. The van der Waals surface area contributed by atoms with E-state index in [1.165, 1.54) is 0 Å². The summed E-state index contributed by atoms with van der Waals surface area (Å²) in [7, 11) is 0. The zero-order valence-corrected chi connectivity index (χ0v) is 16.3. The van der Waals surface area contributed by atoms with Crippen molar-refractivity contribution in [1.82, 2.24) is 5.43 Å². The largest absolute Gasteiger partial charge is 0.508 e. The predicted octanol–water partition coefficient (Wildman–Crippen LogP) is 5.07. The molecule has 27 heavy (non-hydrogen) atoms. The smallest absolute Gasteiger partial charge is 0.263 e. The van der Waals surface area contributed by atoms with Crippen LogP contribution < -0.4 is 16.2 Å². The number of amides is 1. The Labute approximate surface area is 162 Å². The number of benzene rings is 2. The number of unbranched alkanes of at least 4 members (excludes halogenated alkanes) is 2. The van der Waals surface area contributed by atoms with Gasteiger partial charge in [0.15, 0.2) is 0 Å². The van der Waals surface area contributed by atoms with Crippen molar-refractivity contribution in [3.63, 3.8) is 0 Å². The Hall–Kier alpha value is -2.69. The maximum Gasteiger partial charge on any atom is 0.263 e. The van der Waals surface area contributed by atoms with Gasteiger partial charge in [-0.1, -0.05) is 57.7 Å². The summed E-state index contributed by atoms with van der Waals surface area (Å²) in [6.45, 7) is 4.26. The topological polar surface area (TPSA) is 73.4 Å². The van der Waals surface area contributed by atoms with E-state index >= 15 is 0 Å². The molecule has 0 fully saturated rings. The van der Waals surface area contributed by atoms with Crippen molar-refractivity contribution >= 4 is 17.3 Å². The van der Waals surface area contributed by atoms with E-state index in [9.17, 15) is 9.90 Å². The number of hydrogen-bond donors (Lipinski definition) is 4. The summed E-state index contributed by atoms with van der Waals surface area (Å²) in [6.07, 6.45) is 5.43. The molecule has 146 valence electrons. The van der Waals surface area contributed by atoms with E-state index in [1.807, 2.05) is 30.3 Å². The zero-order chi connectivity index (χ0) is 19.5. The van der Waals surface area contributed by atoms with Crippen molar-refractivity contribution in [2.45, 2.75) is 57.9 Å². The Kier molecular flexibility index (Phi) is 7.99. The van der Waals surface area contributed by atoms with Crippen LogP contribution in [0.3, 0.4) is 0 Å². The summed E-state index contributed by atoms with van der Waals surface area (Å²) in [4.78, 5) is 13.2. The third-order valence-electron chi connectivity index (χ3n) is 4.69. The third kappa shape index (κ3) is 6.20. The fourth-order valence-electron chi connectivity index (χ4n) is 3.08. The minimum absolute atomic E-state index is 0.0682. The molecule has 5 heteroatoms. The van der Waals surface area contributed by atoms with Gasteiger partial charge in [0, 0.05) is 5.69 Å². The quantitative estimate of drug-likeness (QED) is 0.330. The molecule has 4 N–H and O–H groups in total. The van der Waals surface area contributed by atoms with Crippen LogP contribution in [-0.4, -0.2) is 16.6 Å². The summed E-state index contributed by atoms with van der Waals surface area (Å²) < 4.78 is 0. The molecule has 0 heterocycles. The van der Waals surface area contributed by atoms with E-state index in [0.717, 1.165) is 49.9 Å². The summed E-state index contributed by atoms with van der Waals surface area (Å²) in [5.41, 5.74) is 6.87. The minimum Gasteiger partial charge on any atom is -0.508 e. The highest BCUT2D eigenvalue weighted by Gasteiger charge is 2.37. The van der Waals surface area contributed by atoms with Gasteiger partial charge in [0.05, 0.1) is 5.69 Å². The van der Waals surface area contributed by atoms with Gasteiger partial charge in [0.25, 0.3) is 5.91 Å². The highest BCUT2D eigenvalue weighted by atomic mass is 16.3. The number of phenols is 1. The molecular weight excluding hydrogens is 338 g/mol. The first-order chi connectivity index (χ1) is 13.1. The summed E-state index contributed by atoms with van der Waals surface area (Å²) >= 11 is 0. The van der Waals surface area contributed by atoms with Crippen LogP contribution >= 0.6 is 0 Å². The maximum atomic E-state index is 13.2. The molecule has 5 nitrogen and oxygen atoms in total. The van der Waals surface area contributed by atoms with E-state index in [1.54, 1.807) is 24.3 Å². The first kappa shape index (κ1) is 20.6. The number of hydrazine groups is 1. The first-order valence-electron chi connectivity index (χ1n) is 9.78. The van der Waals surface area contributed by atoms with Gasteiger partial charge in [-0.15, -0.1) is 0 Å². The van der Waals surface area contributed by atoms with Crippen molar-refractivity contribution in [2.75, 3.05) is 10.7 Å². The van der Waals surface area contributed by atoms with Crippen molar-refractivity contribution < 1.29 is 9.90 Å². The van der Waals surface area contributed by atoms with Gasteiger partial charge in [-0.25, -0.2) is 0 Å². The molecular formula is C22H31N3O2. The van der Waals surface area contributed by atoms with Gasteiger partial charge in [-0.05, 0) is 49.2 Å². The lowest BCUT2D eigenvalue weighted by Crippen LogP contribution is -2.54. The molecule has 0 spiro atoms. The van der Waals surface area contributed by atoms with Crippen LogP contribution in [0.15, 0.2) is 54.6 Å². The number of anilines is 2. The van der Waals surface area contributed by atoms with Crippen LogP contribution in [0.25, 0.3) is 0 Å². The fourth-order valence-corrected chi connectivity index (χ4v) is 3.08. The number of para-hydroxylation sites is 1. The molecule has 0 radical (unpaired) electrons. The highest BCUT2D eigenvalue weighted by molar-refractivity contribution is 5.90. The molecule has 0 atom stereocenters. The molecule has 2 rings (SSSR count). The van der Waals surface area contributed by atoms with Crippen molar-refractivity contribution in [1.29, 1.82) is 0 Å². The molecule has 1 amide bonds. The molecule has 0 aromatic heterocycles. The second kappa shape index (κ2) is 10.5.